The molecule has 3 rings (SSSR count). The number of H-pyrrole nitrogens is 2. The van der Waals surface area contributed by atoms with Crippen LogP contribution in [-0.2, 0) is 11.2 Å². The molecular weight excluding hydrogens is 368 g/mol. The highest BCUT2D eigenvalue weighted by molar-refractivity contribution is 6.00. The Morgan fingerprint density at radius 3 is 1.82 bits per heavy atom. The van der Waals surface area contributed by atoms with Gasteiger partial charge in [-0.2, -0.15) is 0 Å². The van der Waals surface area contributed by atoms with Crippen molar-refractivity contribution in [2.75, 3.05) is 0 Å². The molecule has 0 saturated carbocycles. The van der Waals surface area contributed by atoms with Crippen LogP contribution in [0, 0.1) is 0 Å². The number of carboxylic acids is 1. The molecule has 144 valence electrons. The number of nitrogens with zero attached hydrogens (tertiary/aromatic N) is 2. The summed E-state index contributed by atoms with van der Waals surface area (Å²) in [7, 11) is 0. The summed E-state index contributed by atoms with van der Waals surface area (Å²) >= 11 is 0. The smallest absolute Gasteiger partial charge is 0.350 e. The number of amides is 2. The minimum atomic E-state index is -2.18. The van der Waals surface area contributed by atoms with Gasteiger partial charge in [-0.25, -0.2) is 14.8 Å². The molecule has 11 nitrogen and oxygen atoms in total. The molecular formula is C17H16N6O5. The van der Waals surface area contributed by atoms with Crippen LogP contribution in [-0.4, -0.2) is 53.6 Å². The number of aromatic hydroxyl groups is 1. The van der Waals surface area contributed by atoms with E-state index in [0.29, 0.717) is 5.56 Å². The van der Waals surface area contributed by atoms with E-state index in [1.54, 1.807) is 0 Å². The number of carbonyl (C=O) groups is 3. The van der Waals surface area contributed by atoms with Gasteiger partial charge in [-0.05, 0) is 17.7 Å². The molecule has 1 aromatic carbocycles. The highest BCUT2D eigenvalue weighted by atomic mass is 16.4. The van der Waals surface area contributed by atoms with E-state index in [9.17, 15) is 24.6 Å². The third kappa shape index (κ3) is 3.98. The molecule has 28 heavy (non-hydrogen) atoms. The fraction of sp³-hybridized carbons (Fsp3) is 0.118. The van der Waals surface area contributed by atoms with E-state index in [1.165, 1.54) is 49.3 Å². The zero-order valence-corrected chi connectivity index (χ0v) is 14.3. The lowest BCUT2D eigenvalue weighted by Gasteiger charge is -2.31. The van der Waals surface area contributed by atoms with Crippen molar-refractivity contribution in [3.63, 3.8) is 0 Å². The number of hydrogen-bond acceptors (Lipinski definition) is 6. The molecule has 11 heteroatoms. The van der Waals surface area contributed by atoms with Crippen LogP contribution in [0.1, 0.15) is 26.5 Å². The highest BCUT2D eigenvalue weighted by Crippen LogP contribution is 2.17. The zero-order valence-electron chi connectivity index (χ0n) is 14.3. The average molecular weight is 384 g/mol. The molecule has 0 radical (unpaired) electrons. The van der Waals surface area contributed by atoms with Crippen LogP contribution in [0.2, 0.25) is 0 Å². The first kappa shape index (κ1) is 18.6. The second-order valence-corrected chi connectivity index (χ2v) is 5.89. The van der Waals surface area contributed by atoms with Crippen LogP contribution in [0.25, 0.3) is 0 Å². The Hall–Kier alpha value is -4.15. The third-order valence-corrected chi connectivity index (χ3v) is 3.91. The quantitative estimate of drug-likeness (QED) is 0.311. The number of aliphatic carboxylic acids is 1. The molecule has 0 aliphatic carbocycles. The molecule has 0 spiro atoms. The van der Waals surface area contributed by atoms with E-state index in [-0.39, 0.29) is 23.6 Å². The molecule has 0 aliphatic heterocycles. The number of imidazole rings is 2. The van der Waals surface area contributed by atoms with E-state index in [0.717, 1.165) is 0 Å². The maximum absolute atomic E-state index is 12.5. The molecule has 2 aromatic heterocycles. The Labute approximate surface area is 157 Å². The van der Waals surface area contributed by atoms with Crippen molar-refractivity contribution in [3.05, 3.63) is 66.3 Å². The van der Waals surface area contributed by atoms with Gasteiger partial charge in [0.25, 0.3) is 11.8 Å². The fourth-order valence-electron chi connectivity index (χ4n) is 2.50. The maximum atomic E-state index is 12.5. The number of phenols is 1. The summed E-state index contributed by atoms with van der Waals surface area (Å²) in [4.78, 5) is 49.7. The van der Waals surface area contributed by atoms with Gasteiger partial charge in [0.1, 0.15) is 17.1 Å². The number of carboxylic acid groups (broad SMARTS) is 1. The first-order chi connectivity index (χ1) is 13.4. The fourth-order valence-corrected chi connectivity index (χ4v) is 2.50. The summed E-state index contributed by atoms with van der Waals surface area (Å²) in [5.41, 5.74) is -1.68. The van der Waals surface area contributed by atoms with Crippen LogP contribution < -0.4 is 10.6 Å². The monoisotopic (exact) mass is 384 g/mol. The van der Waals surface area contributed by atoms with E-state index in [4.69, 9.17) is 0 Å². The van der Waals surface area contributed by atoms with Crippen molar-refractivity contribution in [2.24, 2.45) is 0 Å². The van der Waals surface area contributed by atoms with Gasteiger partial charge in [0.05, 0.1) is 25.0 Å². The third-order valence-electron chi connectivity index (χ3n) is 3.91. The van der Waals surface area contributed by atoms with Crippen molar-refractivity contribution >= 4 is 17.8 Å². The van der Waals surface area contributed by atoms with Gasteiger partial charge in [-0.15, -0.1) is 0 Å². The second kappa shape index (κ2) is 7.61. The zero-order chi connectivity index (χ0) is 20.1. The molecule has 0 aliphatic rings. The minimum Gasteiger partial charge on any atom is -0.508 e. The molecule has 0 unspecified atom stereocenters. The first-order valence-electron chi connectivity index (χ1n) is 8.03. The summed E-state index contributed by atoms with van der Waals surface area (Å²) in [5, 5.41) is 24.0. The number of aromatic amines is 2. The Morgan fingerprint density at radius 2 is 1.43 bits per heavy atom. The topological polar surface area (TPSA) is 173 Å². The van der Waals surface area contributed by atoms with Crippen LogP contribution in [0.3, 0.4) is 0 Å². The minimum absolute atomic E-state index is 0.00679. The average Bonchev–Trinajstić information content (AvgIpc) is 3.37. The van der Waals surface area contributed by atoms with Gasteiger partial charge in [-0.1, -0.05) is 12.1 Å². The largest absolute Gasteiger partial charge is 0.508 e. The molecule has 6 N–H and O–H groups in total. The van der Waals surface area contributed by atoms with Crippen molar-refractivity contribution in [2.45, 2.75) is 12.1 Å². The molecule has 0 atom stereocenters. The lowest BCUT2D eigenvalue weighted by atomic mass is 9.98. The summed E-state index contributed by atoms with van der Waals surface area (Å²) in [6.07, 6.45) is 4.68. The first-order valence-corrected chi connectivity index (χ1v) is 8.03. The molecule has 0 bridgehead atoms. The SMILES string of the molecule is O=C(NC(Cc1ccc(O)cc1)(NC(=O)c1cnc[nH]1)C(=O)O)c1cnc[nH]1. The Morgan fingerprint density at radius 1 is 0.929 bits per heavy atom. The molecule has 0 saturated heterocycles. The number of aromatic nitrogens is 4. The van der Waals surface area contributed by atoms with Crippen LogP contribution >= 0.6 is 0 Å². The van der Waals surface area contributed by atoms with Gasteiger partial charge < -0.3 is 30.8 Å². The maximum Gasteiger partial charge on any atom is 0.350 e. The summed E-state index contributed by atoms with van der Waals surface area (Å²) in [5.74, 6) is -3.04. The van der Waals surface area contributed by atoms with Crippen LogP contribution in [0.15, 0.2) is 49.3 Å². The van der Waals surface area contributed by atoms with Crippen LogP contribution in [0.4, 0.5) is 0 Å². The number of nitrogens with one attached hydrogen (secondary N) is 4. The van der Waals surface area contributed by atoms with Gasteiger partial charge in [0, 0.05) is 6.42 Å². The predicted molar refractivity (Wildman–Crippen MR) is 94.3 cm³/mol. The molecule has 2 amide bonds. The lowest BCUT2D eigenvalue weighted by molar-refractivity contribution is -0.145. The number of phenolic OH excluding ortho intramolecular Hbond substituents is 1. The van der Waals surface area contributed by atoms with E-state index >= 15 is 0 Å². The van der Waals surface area contributed by atoms with Gasteiger partial charge in [0.15, 0.2) is 0 Å². The number of benzene rings is 1. The predicted octanol–water partition coefficient (Wildman–Crippen LogP) is 0.0218. The van der Waals surface area contributed by atoms with Gasteiger partial charge in [0.2, 0.25) is 5.66 Å². The number of carbonyl (C=O) groups excluding carboxylic acids is 2. The van der Waals surface area contributed by atoms with E-state index < -0.39 is 23.4 Å². The Kier molecular flexibility index (Phi) is 5.07. The van der Waals surface area contributed by atoms with Crippen molar-refractivity contribution < 1.29 is 24.6 Å². The Bertz CT molecular complexity index is 918. The standard InChI is InChI=1S/C17H16N6O5/c24-11-3-1-10(2-4-11)5-17(16(27)28,22-14(25)12-6-18-8-20-12)23-15(26)13-7-19-9-21-13/h1-4,6-9,24H,5H2,(H,18,20)(H,19,21)(H,22,25)(H,23,26)(H,27,28). The lowest BCUT2D eigenvalue weighted by Crippen LogP contribution is -2.67. The normalized spacial score (nSPS) is 11.0. The number of rotatable bonds is 7. The molecule has 3 aromatic rings. The van der Waals surface area contributed by atoms with Crippen molar-refractivity contribution in [3.8, 4) is 5.75 Å². The molecule has 0 fully saturated rings. The Balaban J connectivity index is 1.95. The van der Waals surface area contributed by atoms with Crippen molar-refractivity contribution in [1.82, 2.24) is 30.6 Å². The summed E-state index contributed by atoms with van der Waals surface area (Å²) in [6.45, 7) is 0. The molecule has 2 heterocycles. The summed E-state index contributed by atoms with van der Waals surface area (Å²) < 4.78 is 0. The van der Waals surface area contributed by atoms with Crippen LogP contribution in [0.5, 0.6) is 5.75 Å². The highest BCUT2D eigenvalue weighted by Gasteiger charge is 2.43. The number of hydrogen-bond donors (Lipinski definition) is 6. The van der Waals surface area contributed by atoms with Crippen molar-refractivity contribution in [1.29, 1.82) is 0 Å². The second-order valence-electron chi connectivity index (χ2n) is 5.89. The van der Waals surface area contributed by atoms with E-state index in [2.05, 4.69) is 30.6 Å². The van der Waals surface area contributed by atoms with Gasteiger partial charge in [-0.3, -0.25) is 9.59 Å². The van der Waals surface area contributed by atoms with Gasteiger partial charge >= 0.3 is 5.97 Å². The van der Waals surface area contributed by atoms with E-state index in [1.807, 2.05) is 0 Å². The summed E-state index contributed by atoms with van der Waals surface area (Å²) in [6, 6.07) is 5.71.